The normalized spacial score (nSPS) is 16.5. The van der Waals surface area contributed by atoms with Crippen molar-refractivity contribution in [1.82, 2.24) is 4.90 Å². The monoisotopic (exact) mass is 281 g/mol. The van der Waals surface area contributed by atoms with Crippen molar-refractivity contribution in [3.8, 4) is 0 Å². The molecule has 0 bridgehead atoms. The maximum Gasteiger partial charge on any atom is 0.265 e. The number of carbonyl (C=O) groups excluding carboxylic acids is 1. The van der Waals surface area contributed by atoms with E-state index >= 15 is 0 Å². The molecule has 0 unspecified atom stereocenters. The Morgan fingerprint density at radius 2 is 2.16 bits per heavy atom. The molecule has 1 saturated carbocycles. The molecule has 4 nitrogen and oxygen atoms in total. The first-order chi connectivity index (χ1) is 8.85. The van der Waals surface area contributed by atoms with E-state index in [4.69, 9.17) is 5.73 Å². The number of amides is 1. The Balaban J connectivity index is 2.03. The van der Waals surface area contributed by atoms with Gasteiger partial charge in [-0.25, -0.2) is 0 Å². The second kappa shape index (κ2) is 5.04. The van der Waals surface area contributed by atoms with E-state index in [0.29, 0.717) is 21.9 Å². The molecule has 2 rings (SSSR count). The van der Waals surface area contributed by atoms with Crippen molar-refractivity contribution in [2.45, 2.75) is 26.7 Å². The van der Waals surface area contributed by atoms with Crippen LogP contribution in [-0.4, -0.2) is 31.4 Å². The number of nitrogens with one attached hydrogen (secondary N) is 1. The van der Waals surface area contributed by atoms with E-state index in [9.17, 15) is 4.79 Å². The Hall–Kier alpha value is -1.23. The largest absolute Gasteiger partial charge is 0.397 e. The zero-order valence-electron chi connectivity index (χ0n) is 12.1. The van der Waals surface area contributed by atoms with E-state index < -0.39 is 0 Å². The summed E-state index contributed by atoms with van der Waals surface area (Å²) in [6.07, 6.45) is 2.59. The van der Waals surface area contributed by atoms with Crippen LogP contribution in [-0.2, 0) is 0 Å². The molecule has 1 aliphatic rings. The third-order valence-corrected chi connectivity index (χ3v) is 5.19. The summed E-state index contributed by atoms with van der Waals surface area (Å²) in [5.74, 6) is 0.667. The summed E-state index contributed by atoms with van der Waals surface area (Å²) in [6, 6.07) is 1.87. The van der Waals surface area contributed by atoms with E-state index in [-0.39, 0.29) is 5.91 Å². The predicted molar refractivity (Wildman–Crippen MR) is 81.7 cm³/mol. The molecule has 0 saturated heterocycles. The third-order valence-electron chi connectivity index (χ3n) is 4.09. The molecule has 19 heavy (non-hydrogen) atoms. The lowest BCUT2D eigenvalue weighted by molar-refractivity contribution is 0.0833. The Morgan fingerprint density at radius 3 is 2.63 bits per heavy atom. The summed E-state index contributed by atoms with van der Waals surface area (Å²) in [5, 5.41) is 4.45. The molecular formula is C14H23N3OS. The quantitative estimate of drug-likeness (QED) is 0.872. The fourth-order valence-corrected chi connectivity index (χ4v) is 3.24. The van der Waals surface area contributed by atoms with Gasteiger partial charge in [0.1, 0.15) is 4.88 Å². The second-order valence-corrected chi connectivity index (χ2v) is 7.02. The lowest BCUT2D eigenvalue weighted by Gasteiger charge is -2.19. The number of hydrogen-bond acceptors (Lipinski definition) is 4. The molecule has 1 aliphatic carbocycles. The van der Waals surface area contributed by atoms with Gasteiger partial charge in [-0.3, -0.25) is 4.79 Å². The van der Waals surface area contributed by atoms with E-state index in [2.05, 4.69) is 19.2 Å². The minimum Gasteiger partial charge on any atom is -0.397 e. The number of anilines is 2. The van der Waals surface area contributed by atoms with Crippen LogP contribution in [0.3, 0.4) is 0 Å². The number of nitrogens with two attached hydrogens (primary N) is 1. The molecular weight excluding hydrogens is 258 g/mol. The van der Waals surface area contributed by atoms with Crippen molar-refractivity contribution >= 4 is 27.9 Å². The van der Waals surface area contributed by atoms with Gasteiger partial charge in [0.05, 0.1) is 10.7 Å². The van der Waals surface area contributed by atoms with Crippen LogP contribution in [0.5, 0.6) is 0 Å². The van der Waals surface area contributed by atoms with E-state index in [1.54, 1.807) is 19.0 Å². The average molecular weight is 281 g/mol. The van der Waals surface area contributed by atoms with Crippen molar-refractivity contribution in [1.29, 1.82) is 0 Å². The maximum atomic E-state index is 11.9. The molecule has 1 aromatic rings. The third kappa shape index (κ3) is 2.86. The molecule has 1 amide bonds. The van der Waals surface area contributed by atoms with E-state index in [1.807, 2.05) is 6.07 Å². The van der Waals surface area contributed by atoms with Gasteiger partial charge in [-0.2, -0.15) is 0 Å². The number of carbonyl (C=O) groups is 1. The molecule has 1 heterocycles. The van der Waals surface area contributed by atoms with Gasteiger partial charge >= 0.3 is 0 Å². The van der Waals surface area contributed by atoms with Crippen LogP contribution in [0, 0.1) is 11.3 Å². The van der Waals surface area contributed by atoms with Crippen LogP contribution in [0.2, 0.25) is 0 Å². The minimum absolute atomic E-state index is 0.0273. The predicted octanol–water partition coefficient (Wildman–Crippen LogP) is 2.88. The van der Waals surface area contributed by atoms with Crippen LogP contribution >= 0.6 is 11.3 Å². The number of nitrogens with zero attached hydrogens (tertiary/aromatic N) is 1. The summed E-state index contributed by atoms with van der Waals surface area (Å²) in [7, 11) is 3.49. The van der Waals surface area contributed by atoms with Crippen LogP contribution in [0.15, 0.2) is 6.07 Å². The van der Waals surface area contributed by atoms with E-state index in [1.165, 1.54) is 24.2 Å². The zero-order chi connectivity index (χ0) is 14.2. The first-order valence-corrected chi connectivity index (χ1v) is 7.52. The number of nitrogen functional groups attached to an aromatic ring is 1. The standard InChI is InChI=1S/C14H23N3OS/c1-9(2)14(5-6-14)8-16-11-7-10(15)12(19-11)13(18)17(3)4/h7,9,16H,5-6,8,15H2,1-4H3. The Bertz CT molecular complexity index is 475. The van der Waals surface area contributed by atoms with Crippen molar-refractivity contribution in [2.24, 2.45) is 11.3 Å². The lowest BCUT2D eigenvalue weighted by atomic mass is 9.92. The molecule has 0 spiro atoms. The Morgan fingerprint density at radius 1 is 1.53 bits per heavy atom. The van der Waals surface area contributed by atoms with Gasteiger partial charge in [0.25, 0.3) is 5.91 Å². The molecule has 0 aromatic carbocycles. The molecule has 0 atom stereocenters. The zero-order valence-corrected chi connectivity index (χ0v) is 12.9. The van der Waals surface area contributed by atoms with Crippen LogP contribution in [0.1, 0.15) is 36.4 Å². The molecule has 5 heteroatoms. The highest BCUT2D eigenvalue weighted by atomic mass is 32.1. The van der Waals surface area contributed by atoms with Gasteiger partial charge in [-0.15, -0.1) is 11.3 Å². The van der Waals surface area contributed by atoms with Crippen molar-refractivity contribution in [2.75, 3.05) is 31.7 Å². The van der Waals surface area contributed by atoms with Gasteiger partial charge in [0.15, 0.2) is 0 Å². The van der Waals surface area contributed by atoms with Gasteiger partial charge < -0.3 is 16.0 Å². The molecule has 0 radical (unpaired) electrons. The van der Waals surface area contributed by atoms with Gasteiger partial charge in [-0.1, -0.05) is 13.8 Å². The Kier molecular flexibility index (Phi) is 3.76. The van der Waals surface area contributed by atoms with Crippen molar-refractivity contribution < 1.29 is 4.79 Å². The fraction of sp³-hybridized carbons (Fsp3) is 0.643. The molecule has 1 aromatic heterocycles. The summed E-state index contributed by atoms with van der Waals surface area (Å²) >= 11 is 1.45. The highest BCUT2D eigenvalue weighted by molar-refractivity contribution is 7.18. The Labute approximate surface area is 119 Å². The average Bonchev–Trinajstić information content (AvgIpc) is 3.05. The first-order valence-electron chi connectivity index (χ1n) is 6.70. The highest BCUT2D eigenvalue weighted by Crippen LogP contribution is 2.52. The topological polar surface area (TPSA) is 58.4 Å². The summed E-state index contributed by atoms with van der Waals surface area (Å²) in [6.45, 7) is 5.52. The molecule has 106 valence electrons. The number of hydrogen-bond donors (Lipinski definition) is 2. The minimum atomic E-state index is -0.0273. The second-order valence-electron chi connectivity index (χ2n) is 5.97. The number of thiophene rings is 1. The van der Waals surface area contributed by atoms with Gasteiger partial charge in [0, 0.05) is 20.6 Å². The molecule has 1 fully saturated rings. The molecule has 0 aliphatic heterocycles. The number of rotatable bonds is 5. The van der Waals surface area contributed by atoms with Gasteiger partial charge in [-0.05, 0) is 30.2 Å². The fourth-order valence-electron chi connectivity index (χ4n) is 2.24. The summed E-state index contributed by atoms with van der Waals surface area (Å²) < 4.78 is 0. The van der Waals surface area contributed by atoms with Crippen molar-refractivity contribution in [3.63, 3.8) is 0 Å². The first kappa shape index (κ1) is 14.2. The van der Waals surface area contributed by atoms with Crippen molar-refractivity contribution in [3.05, 3.63) is 10.9 Å². The van der Waals surface area contributed by atoms with Crippen LogP contribution in [0.25, 0.3) is 0 Å². The highest BCUT2D eigenvalue weighted by Gasteiger charge is 2.44. The summed E-state index contributed by atoms with van der Waals surface area (Å²) in [4.78, 5) is 14.1. The maximum absolute atomic E-state index is 11.9. The van der Waals surface area contributed by atoms with E-state index in [0.717, 1.165) is 11.5 Å². The van der Waals surface area contributed by atoms with Crippen LogP contribution in [0.4, 0.5) is 10.7 Å². The smallest absolute Gasteiger partial charge is 0.265 e. The SMILES string of the molecule is CC(C)C1(CNc2cc(N)c(C(=O)N(C)C)s2)CC1. The van der Waals surface area contributed by atoms with Gasteiger partial charge in [0.2, 0.25) is 0 Å². The summed E-state index contributed by atoms with van der Waals surface area (Å²) in [5.41, 5.74) is 6.94. The lowest BCUT2D eigenvalue weighted by Crippen LogP contribution is -2.21. The molecule has 3 N–H and O–H groups in total. The van der Waals surface area contributed by atoms with Crippen LogP contribution < -0.4 is 11.1 Å².